The molecule has 5 nitrogen and oxygen atoms in total. The number of amides is 2. The second-order valence-corrected chi connectivity index (χ2v) is 5.48. The highest BCUT2D eigenvalue weighted by molar-refractivity contribution is 5.85. The first kappa shape index (κ1) is 15.0. The highest BCUT2D eigenvalue weighted by atomic mass is 16.2. The van der Waals surface area contributed by atoms with Crippen LogP contribution in [0.1, 0.15) is 40.0 Å². The molecule has 1 aliphatic rings. The van der Waals surface area contributed by atoms with E-state index in [1.165, 1.54) is 24.2 Å². The van der Waals surface area contributed by atoms with Crippen LogP contribution in [0.15, 0.2) is 0 Å². The van der Waals surface area contributed by atoms with E-state index in [1.54, 1.807) is 0 Å². The molecule has 0 radical (unpaired) electrons. The number of quaternary nitrogens is 1. The van der Waals surface area contributed by atoms with E-state index in [0.717, 1.165) is 6.54 Å². The van der Waals surface area contributed by atoms with Gasteiger partial charge in [-0.2, -0.15) is 0 Å². The molecule has 0 spiro atoms. The molecule has 0 aromatic carbocycles. The summed E-state index contributed by atoms with van der Waals surface area (Å²) in [6.45, 7) is 7.62. The maximum Gasteiger partial charge on any atom is 0.275 e. The Balaban J connectivity index is 2.22. The van der Waals surface area contributed by atoms with Crippen molar-refractivity contribution in [3.8, 4) is 0 Å². The summed E-state index contributed by atoms with van der Waals surface area (Å²) in [5, 5.41) is 5.43. The predicted octanol–water partition coefficient (Wildman–Crippen LogP) is -0.915. The van der Waals surface area contributed by atoms with Crippen molar-refractivity contribution < 1.29 is 14.5 Å². The zero-order valence-electron chi connectivity index (χ0n) is 11.7. The first-order valence-electron chi connectivity index (χ1n) is 6.89. The normalized spacial score (nSPS) is 23.8. The summed E-state index contributed by atoms with van der Waals surface area (Å²) in [7, 11) is 0. The van der Waals surface area contributed by atoms with Crippen LogP contribution in [0.5, 0.6) is 0 Å². The van der Waals surface area contributed by atoms with Gasteiger partial charge in [0, 0.05) is 6.04 Å². The fourth-order valence-corrected chi connectivity index (χ4v) is 2.34. The van der Waals surface area contributed by atoms with Crippen molar-refractivity contribution in [3.05, 3.63) is 0 Å². The van der Waals surface area contributed by atoms with Gasteiger partial charge in [-0.15, -0.1) is 0 Å². The highest BCUT2D eigenvalue weighted by Gasteiger charge is 2.24. The van der Waals surface area contributed by atoms with E-state index < -0.39 is 0 Å². The summed E-state index contributed by atoms with van der Waals surface area (Å²) in [5.74, 6) is -0.155. The average Bonchev–Trinajstić information content (AvgIpc) is 2.29. The van der Waals surface area contributed by atoms with Gasteiger partial charge in [0.2, 0.25) is 5.91 Å². The Morgan fingerprint density at radius 1 is 1.28 bits per heavy atom. The molecule has 18 heavy (non-hydrogen) atoms. The molecule has 0 aromatic rings. The van der Waals surface area contributed by atoms with Gasteiger partial charge in [0.25, 0.3) is 5.91 Å². The third-order valence-electron chi connectivity index (χ3n) is 3.37. The van der Waals surface area contributed by atoms with Crippen molar-refractivity contribution in [1.82, 2.24) is 10.6 Å². The first-order valence-corrected chi connectivity index (χ1v) is 6.89. The molecule has 1 unspecified atom stereocenters. The van der Waals surface area contributed by atoms with Crippen molar-refractivity contribution in [1.29, 1.82) is 0 Å². The van der Waals surface area contributed by atoms with Gasteiger partial charge in [-0.25, -0.2) is 0 Å². The lowest BCUT2D eigenvalue weighted by Gasteiger charge is -2.29. The molecule has 1 heterocycles. The molecule has 0 saturated carbocycles. The standard InChI is InChI=1S/C13H25N3O2/c1-10(2)15-12(17)8-14-13(18)9-16-7-5-4-6-11(16)3/h10-11H,4-9H2,1-3H3,(H,14,18)(H,15,17)/p+1/t11-/m0/s1. The van der Waals surface area contributed by atoms with Gasteiger partial charge in [-0.1, -0.05) is 0 Å². The minimum Gasteiger partial charge on any atom is -0.352 e. The predicted molar refractivity (Wildman–Crippen MR) is 70.3 cm³/mol. The lowest BCUT2D eigenvalue weighted by molar-refractivity contribution is -0.920. The van der Waals surface area contributed by atoms with Crippen LogP contribution in [-0.4, -0.2) is 43.5 Å². The maximum absolute atomic E-state index is 11.7. The van der Waals surface area contributed by atoms with Crippen LogP contribution >= 0.6 is 0 Å². The highest BCUT2D eigenvalue weighted by Crippen LogP contribution is 2.01. The molecule has 2 atom stereocenters. The molecule has 5 heteroatoms. The Labute approximate surface area is 109 Å². The smallest absolute Gasteiger partial charge is 0.275 e. The third-order valence-corrected chi connectivity index (χ3v) is 3.37. The number of nitrogens with one attached hydrogen (secondary N) is 3. The molecule has 1 rings (SSSR count). The number of rotatable bonds is 5. The number of hydrogen-bond donors (Lipinski definition) is 3. The lowest BCUT2D eigenvalue weighted by atomic mass is 10.0. The van der Waals surface area contributed by atoms with E-state index in [9.17, 15) is 9.59 Å². The molecular weight excluding hydrogens is 230 g/mol. The van der Waals surface area contributed by atoms with Crippen molar-refractivity contribution >= 4 is 11.8 Å². The Hall–Kier alpha value is -1.10. The van der Waals surface area contributed by atoms with Crippen LogP contribution in [0.2, 0.25) is 0 Å². The fourth-order valence-electron chi connectivity index (χ4n) is 2.34. The quantitative estimate of drug-likeness (QED) is 0.596. The topological polar surface area (TPSA) is 62.6 Å². The Morgan fingerprint density at radius 2 is 2.00 bits per heavy atom. The van der Waals surface area contributed by atoms with Crippen LogP contribution in [0.25, 0.3) is 0 Å². The van der Waals surface area contributed by atoms with Crippen molar-refractivity contribution in [2.45, 2.75) is 52.1 Å². The second-order valence-electron chi connectivity index (χ2n) is 5.48. The monoisotopic (exact) mass is 256 g/mol. The van der Waals surface area contributed by atoms with Gasteiger partial charge in [-0.3, -0.25) is 9.59 Å². The molecular formula is C13H26N3O2+. The van der Waals surface area contributed by atoms with E-state index in [-0.39, 0.29) is 24.4 Å². The molecule has 0 aliphatic carbocycles. The molecule has 3 N–H and O–H groups in total. The zero-order valence-corrected chi connectivity index (χ0v) is 11.7. The first-order chi connectivity index (χ1) is 8.49. The number of carbonyl (C=O) groups excluding carboxylic acids is 2. The van der Waals surface area contributed by atoms with Gasteiger partial charge in [-0.05, 0) is 40.0 Å². The van der Waals surface area contributed by atoms with Gasteiger partial charge in [0.15, 0.2) is 6.54 Å². The zero-order chi connectivity index (χ0) is 13.5. The average molecular weight is 256 g/mol. The molecule has 104 valence electrons. The third kappa shape index (κ3) is 5.49. The summed E-state index contributed by atoms with van der Waals surface area (Å²) < 4.78 is 0. The molecule has 2 amide bonds. The summed E-state index contributed by atoms with van der Waals surface area (Å²) in [5.41, 5.74) is 0. The van der Waals surface area contributed by atoms with Crippen LogP contribution < -0.4 is 15.5 Å². The van der Waals surface area contributed by atoms with E-state index >= 15 is 0 Å². The van der Waals surface area contributed by atoms with Gasteiger partial charge < -0.3 is 15.5 Å². The second kappa shape index (κ2) is 7.36. The Kier molecular flexibility index (Phi) is 6.12. The summed E-state index contributed by atoms with van der Waals surface area (Å²) in [6.07, 6.45) is 3.65. The minimum atomic E-state index is -0.125. The van der Waals surface area contributed by atoms with Crippen LogP contribution in [0.4, 0.5) is 0 Å². The summed E-state index contributed by atoms with van der Waals surface area (Å²) in [4.78, 5) is 24.5. The van der Waals surface area contributed by atoms with Crippen molar-refractivity contribution in [2.75, 3.05) is 19.6 Å². The van der Waals surface area contributed by atoms with Crippen molar-refractivity contribution in [2.24, 2.45) is 0 Å². The fraction of sp³-hybridized carbons (Fsp3) is 0.846. The van der Waals surface area contributed by atoms with Crippen LogP contribution in [0.3, 0.4) is 0 Å². The minimum absolute atomic E-state index is 0.0299. The Morgan fingerprint density at radius 3 is 2.61 bits per heavy atom. The molecule has 0 aromatic heterocycles. The largest absolute Gasteiger partial charge is 0.352 e. The van der Waals surface area contributed by atoms with Gasteiger partial charge in [0.05, 0.1) is 19.1 Å². The van der Waals surface area contributed by atoms with E-state index in [4.69, 9.17) is 0 Å². The summed E-state index contributed by atoms with van der Waals surface area (Å²) >= 11 is 0. The lowest BCUT2D eigenvalue weighted by Crippen LogP contribution is -3.17. The van der Waals surface area contributed by atoms with Crippen LogP contribution in [-0.2, 0) is 9.59 Å². The number of carbonyl (C=O) groups is 2. The molecule has 1 saturated heterocycles. The Bertz CT molecular complexity index is 292. The van der Waals surface area contributed by atoms with Gasteiger partial charge in [0.1, 0.15) is 0 Å². The van der Waals surface area contributed by atoms with E-state index in [1.807, 2.05) is 13.8 Å². The number of likely N-dealkylation sites (tertiary alicyclic amines) is 1. The van der Waals surface area contributed by atoms with Crippen LogP contribution in [0, 0.1) is 0 Å². The SMILES string of the molecule is CC(C)NC(=O)CNC(=O)C[NH+]1CCCC[C@@H]1C. The molecule has 1 aliphatic heterocycles. The molecule has 1 fully saturated rings. The molecule has 0 bridgehead atoms. The summed E-state index contributed by atoms with van der Waals surface area (Å²) in [6, 6.07) is 0.663. The maximum atomic E-state index is 11.7. The van der Waals surface area contributed by atoms with E-state index in [0.29, 0.717) is 12.6 Å². The van der Waals surface area contributed by atoms with Gasteiger partial charge >= 0.3 is 0 Å². The van der Waals surface area contributed by atoms with Crippen molar-refractivity contribution in [3.63, 3.8) is 0 Å². The number of piperidine rings is 1. The number of hydrogen-bond acceptors (Lipinski definition) is 2. The van der Waals surface area contributed by atoms with E-state index in [2.05, 4.69) is 17.6 Å².